The van der Waals surface area contributed by atoms with E-state index in [0.717, 1.165) is 22.3 Å². The Kier molecular flexibility index (Phi) is 8.78. The van der Waals surface area contributed by atoms with Crippen molar-refractivity contribution in [1.29, 1.82) is 0 Å². The van der Waals surface area contributed by atoms with Gasteiger partial charge < -0.3 is 9.12 Å². The largest absolute Gasteiger partial charge is 0.598 e. The zero-order valence-electron chi connectivity index (χ0n) is 21.5. The number of pyridine rings is 1. The molecule has 0 bridgehead atoms. The first-order valence-electron chi connectivity index (χ1n) is 11.7. The van der Waals surface area contributed by atoms with Crippen LogP contribution in [0.4, 0.5) is 0 Å². The highest BCUT2D eigenvalue weighted by molar-refractivity contribution is 7.91. The van der Waals surface area contributed by atoms with Gasteiger partial charge in [0.15, 0.2) is 9.84 Å². The molecule has 0 radical (unpaired) electrons. The molecule has 1 heterocycles. The second-order valence-electron chi connectivity index (χ2n) is 9.85. The standard InChI is InChI=1S/C27H33ClN2O4S2/c1-7-36(33,34)17-19-12-13-20(21-10-8-9-11-25(21)28)23(14-19)24-16-30(6)26(31)15-22(24)18(2)29-35(32)27(3,4)5/h8-16,18,29H,7,17H2,1-6H3/t18-,35-/m0/s1. The predicted octanol–water partition coefficient (Wildman–Crippen LogP) is 5.42. The Morgan fingerprint density at radius 2 is 1.72 bits per heavy atom. The molecule has 1 N–H and O–H groups in total. The Bertz CT molecular complexity index is 1410. The fourth-order valence-electron chi connectivity index (χ4n) is 3.80. The summed E-state index contributed by atoms with van der Waals surface area (Å²) in [6, 6.07) is 14.1. The topological polar surface area (TPSA) is 91.2 Å². The summed E-state index contributed by atoms with van der Waals surface area (Å²) in [4.78, 5) is 12.7. The fourth-order valence-corrected chi connectivity index (χ4v) is 5.73. The van der Waals surface area contributed by atoms with Gasteiger partial charge in [0.25, 0.3) is 5.56 Å². The summed E-state index contributed by atoms with van der Waals surface area (Å²) in [6.07, 6.45) is 1.74. The first-order valence-corrected chi connectivity index (χ1v) is 15.1. The van der Waals surface area contributed by atoms with Crippen LogP contribution in [0.15, 0.2) is 59.5 Å². The molecule has 0 amide bonds. The number of aromatic nitrogens is 1. The molecule has 0 saturated heterocycles. The lowest BCUT2D eigenvalue weighted by Gasteiger charge is -2.28. The lowest BCUT2D eigenvalue weighted by atomic mass is 9.90. The van der Waals surface area contributed by atoms with Crippen molar-refractivity contribution in [3.05, 3.63) is 81.2 Å². The Labute approximate surface area is 221 Å². The van der Waals surface area contributed by atoms with Crippen LogP contribution >= 0.6 is 11.6 Å². The fraction of sp³-hybridized carbons (Fsp3) is 0.370. The Morgan fingerprint density at radius 3 is 2.33 bits per heavy atom. The van der Waals surface area contributed by atoms with E-state index >= 15 is 0 Å². The van der Waals surface area contributed by atoms with Gasteiger partial charge in [-0.15, -0.1) is 4.72 Å². The monoisotopic (exact) mass is 548 g/mol. The minimum absolute atomic E-state index is 0.0409. The number of sulfone groups is 1. The van der Waals surface area contributed by atoms with Crippen LogP contribution in [0.2, 0.25) is 5.02 Å². The lowest BCUT2D eigenvalue weighted by Crippen LogP contribution is -2.41. The molecule has 0 aliphatic rings. The molecular formula is C27H33ClN2O4S2. The minimum Gasteiger partial charge on any atom is -0.598 e. The van der Waals surface area contributed by atoms with E-state index in [9.17, 15) is 17.8 Å². The van der Waals surface area contributed by atoms with Crippen molar-refractivity contribution in [2.24, 2.45) is 7.05 Å². The predicted molar refractivity (Wildman–Crippen MR) is 150 cm³/mol. The number of rotatable bonds is 8. The summed E-state index contributed by atoms with van der Waals surface area (Å²) < 4.78 is 41.8. The van der Waals surface area contributed by atoms with Crippen molar-refractivity contribution in [3.63, 3.8) is 0 Å². The average Bonchev–Trinajstić information content (AvgIpc) is 2.80. The van der Waals surface area contributed by atoms with Crippen LogP contribution in [-0.4, -0.2) is 28.0 Å². The number of aryl methyl sites for hydroxylation is 1. The average molecular weight is 549 g/mol. The molecule has 0 spiro atoms. The van der Waals surface area contributed by atoms with E-state index in [2.05, 4.69) is 4.72 Å². The van der Waals surface area contributed by atoms with Gasteiger partial charge in [0.1, 0.15) is 4.75 Å². The van der Waals surface area contributed by atoms with Gasteiger partial charge >= 0.3 is 0 Å². The highest BCUT2D eigenvalue weighted by Gasteiger charge is 2.30. The van der Waals surface area contributed by atoms with Gasteiger partial charge in [0.2, 0.25) is 0 Å². The third-order valence-corrected chi connectivity index (χ3v) is 9.59. The minimum atomic E-state index is -3.26. The Balaban J connectivity index is 2.29. The Hall–Kier alpha value is -2.10. The van der Waals surface area contributed by atoms with Gasteiger partial charge in [-0.3, -0.25) is 4.79 Å². The summed E-state index contributed by atoms with van der Waals surface area (Å²) in [5, 5.41) is 0.555. The van der Waals surface area contributed by atoms with Crippen LogP contribution in [0, 0.1) is 0 Å². The van der Waals surface area contributed by atoms with E-state index in [1.165, 1.54) is 4.57 Å². The Morgan fingerprint density at radius 1 is 1.06 bits per heavy atom. The van der Waals surface area contributed by atoms with Gasteiger partial charge in [-0.1, -0.05) is 48.9 Å². The van der Waals surface area contributed by atoms with Crippen LogP contribution < -0.4 is 10.3 Å². The third kappa shape index (κ3) is 6.61. The van der Waals surface area contributed by atoms with E-state index in [4.69, 9.17) is 11.6 Å². The third-order valence-electron chi connectivity index (χ3n) is 5.93. The van der Waals surface area contributed by atoms with Crippen molar-refractivity contribution < 1.29 is 13.0 Å². The molecule has 3 aromatic rings. The van der Waals surface area contributed by atoms with Gasteiger partial charge in [0, 0.05) is 52.6 Å². The van der Waals surface area contributed by atoms with E-state index < -0.39 is 32.0 Å². The van der Waals surface area contributed by atoms with Crippen molar-refractivity contribution in [2.45, 2.75) is 51.2 Å². The zero-order chi connectivity index (χ0) is 26.8. The molecule has 0 saturated carbocycles. The second-order valence-corrected chi connectivity index (χ2v) is 14.6. The number of halogens is 1. The number of benzene rings is 2. The van der Waals surface area contributed by atoms with Crippen LogP contribution in [0.1, 0.15) is 51.8 Å². The molecule has 0 fully saturated rings. The summed E-state index contributed by atoms with van der Waals surface area (Å²) in [7, 11) is -1.60. The SMILES string of the molecule is CCS(=O)(=O)Cc1ccc(-c2ccccc2Cl)c(-c2cn(C)c(=O)cc2[C@H](C)N[S@@+]([O-])C(C)(C)C)c1. The molecule has 2 aromatic carbocycles. The van der Waals surface area contributed by atoms with Gasteiger partial charge in [-0.25, -0.2) is 8.42 Å². The molecule has 194 valence electrons. The molecule has 2 atom stereocenters. The molecular weight excluding hydrogens is 516 g/mol. The zero-order valence-corrected chi connectivity index (χ0v) is 23.9. The maximum atomic E-state index is 12.9. The van der Waals surface area contributed by atoms with E-state index in [0.29, 0.717) is 16.1 Å². The second kappa shape index (κ2) is 11.1. The maximum Gasteiger partial charge on any atom is 0.250 e. The first kappa shape index (κ1) is 28.5. The van der Waals surface area contributed by atoms with Crippen LogP contribution in [0.5, 0.6) is 0 Å². The summed E-state index contributed by atoms with van der Waals surface area (Å²) in [5.41, 5.74) is 4.18. The summed E-state index contributed by atoms with van der Waals surface area (Å²) in [6.45, 7) is 9.12. The molecule has 0 aliphatic carbocycles. The van der Waals surface area contributed by atoms with Gasteiger partial charge in [-0.05, 0) is 62.1 Å². The van der Waals surface area contributed by atoms with Crippen molar-refractivity contribution in [2.75, 3.05) is 5.75 Å². The van der Waals surface area contributed by atoms with Crippen LogP contribution in [0.3, 0.4) is 0 Å². The number of nitrogens with one attached hydrogen (secondary N) is 1. The maximum absolute atomic E-state index is 12.9. The van der Waals surface area contributed by atoms with Crippen molar-refractivity contribution >= 4 is 32.8 Å². The molecule has 0 aliphatic heterocycles. The van der Waals surface area contributed by atoms with E-state index in [1.54, 1.807) is 38.4 Å². The number of hydrogen-bond donors (Lipinski definition) is 1. The molecule has 0 unspecified atom stereocenters. The molecule has 36 heavy (non-hydrogen) atoms. The molecule has 6 nitrogen and oxygen atoms in total. The van der Waals surface area contributed by atoms with Gasteiger partial charge in [-0.2, -0.15) is 0 Å². The summed E-state index contributed by atoms with van der Waals surface area (Å²) in [5.74, 6) is -0.0541. The molecule has 9 heteroatoms. The lowest BCUT2D eigenvalue weighted by molar-refractivity contribution is 0.531. The smallest absolute Gasteiger partial charge is 0.250 e. The van der Waals surface area contributed by atoms with E-state index in [1.807, 2.05) is 58.0 Å². The normalized spacial score (nSPS) is 14.0. The quantitative estimate of drug-likeness (QED) is 0.379. The van der Waals surface area contributed by atoms with E-state index in [-0.39, 0.29) is 17.1 Å². The van der Waals surface area contributed by atoms with Crippen molar-refractivity contribution in [1.82, 2.24) is 9.29 Å². The first-order chi connectivity index (χ1) is 16.7. The van der Waals surface area contributed by atoms with Crippen molar-refractivity contribution in [3.8, 4) is 22.3 Å². The molecule has 1 aromatic heterocycles. The number of hydrogen-bond acceptors (Lipinski definition) is 5. The van der Waals surface area contributed by atoms with Crippen LogP contribution in [-0.2, 0) is 34.0 Å². The summed E-state index contributed by atoms with van der Waals surface area (Å²) >= 11 is 5.19. The van der Waals surface area contributed by atoms with Crippen LogP contribution in [0.25, 0.3) is 22.3 Å². The number of nitrogens with zero attached hydrogens (tertiary/aromatic N) is 1. The highest BCUT2D eigenvalue weighted by Crippen LogP contribution is 2.39. The molecule has 3 rings (SSSR count). The van der Waals surface area contributed by atoms with Gasteiger partial charge in [0.05, 0.1) is 11.8 Å². The highest BCUT2D eigenvalue weighted by atomic mass is 35.5.